The Morgan fingerprint density at radius 2 is 1.05 bits per heavy atom. The van der Waals surface area contributed by atoms with E-state index in [0.717, 1.165) is 79.6 Å². The maximum Gasteiger partial charge on any atom is 0.407 e. The zero-order valence-electron chi connectivity index (χ0n) is 70.9. The smallest absolute Gasteiger partial charge is 0.407 e. The molecule has 3 aromatic carbocycles. The van der Waals surface area contributed by atoms with Crippen LogP contribution < -0.4 is 14.8 Å². The van der Waals surface area contributed by atoms with Crippen LogP contribution >= 0.6 is 0 Å². The maximum atomic E-state index is 14.6. The lowest BCUT2D eigenvalue weighted by atomic mass is 9.47. The summed E-state index contributed by atoms with van der Waals surface area (Å²) in [6, 6.07) is 24.7. The number of fused-ring (bicyclic) bond motifs is 5. The highest BCUT2D eigenvalue weighted by atomic mass is 16.6. The van der Waals surface area contributed by atoms with Gasteiger partial charge in [-0.25, -0.2) is 4.79 Å². The van der Waals surface area contributed by atoms with Gasteiger partial charge in [-0.15, -0.1) is 0 Å². The summed E-state index contributed by atoms with van der Waals surface area (Å²) in [6.07, 6.45) is 54.7. The first-order valence-corrected chi connectivity index (χ1v) is 46.1. The van der Waals surface area contributed by atoms with Gasteiger partial charge in [0.15, 0.2) is 0 Å². The molecular formula is C97H155N3O11. The van der Waals surface area contributed by atoms with Crippen LogP contribution in [0.1, 0.15) is 378 Å². The number of hydrogen-bond donors (Lipinski definition) is 2. The van der Waals surface area contributed by atoms with Gasteiger partial charge in [0.25, 0.3) is 0 Å². The molecule has 0 bridgehead atoms. The second-order valence-corrected chi connectivity index (χ2v) is 35.5. The van der Waals surface area contributed by atoms with Gasteiger partial charge in [-0.05, 0) is 177 Å². The minimum Gasteiger partial charge on any atom is -0.497 e. The third-order valence-electron chi connectivity index (χ3n) is 27.4. The summed E-state index contributed by atoms with van der Waals surface area (Å²) < 4.78 is 30.5. The van der Waals surface area contributed by atoms with E-state index in [2.05, 4.69) is 44.8 Å². The summed E-state index contributed by atoms with van der Waals surface area (Å²) in [5, 5.41) is 12.4. The lowest BCUT2D eigenvalue weighted by Crippen LogP contribution is -2.52. The molecule has 3 aromatic rings. The molecular weight excluding hydrogens is 1380 g/mol. The number of likely N-dealkylation sites (tertiary alicyclic amines) is 1. The van der Waals surface area contributed by atoms with Crippen LogP contribution in [0.2, 0.25) is 0 Å². The van der Waals surface area contributed by atoms with E-state index in [-0.39, 0.29) is 43.9 Å². The van der Waals surface area contributed by atoms with E-state index in [9.17, 15) is 29.1 Å². The second kappa shape index (κ2) is 51.4. The van der Waals surface area contributed by atoms with Crippen molar-refractivity contribution in [1.29, 1.82) is 0 Å². The Hall–Kier alpha value is -5.63. The first kappa shape index (κ1) is 90.9. The lowest BCUT2D eigenvalue weighted by Gasteiger charge is -2.58. The first-order chi connectivity index (χ1) is 54.1. The number of carboxylic acids is 1. The quantitative estimate of drug-likeness (QED) is 0.0407. The topological polar surface area (TPSA) is 170 Å². The Morgan fingerprint density at radius 3 is 1.56 bits per heavy atom. The molecule has 13 atom stereocenters. The number of benzene rings is 3. The van der Waals surface area contributed by atoms with Gasteiger partial charge in [-0.3, -0.25) is 19.2 Å². The summed E-state index contributed by atoms with van der Waals surface area (Å²) in [7, 11) is 3.26. The molecule has 2 N–H and O–H groups in total. The molecule has 111 heavy (non-hydrogen) atoms. The average Bonchev–Trinajstić information content (AvgIpc) is 1.65. The molecule has 3 amide bonds. The molecule has 4 aliphatic carbocycles. The van der Waals surface area contributed by atoms with Crippen molar-refractivity contribution in [3.05, 3.63) is 95.6 Å². The Kier molecular flexibility index (Phi) is 42.1. The normalized spacial score (nSPS) is 23.3. The molecule has 4 saturated carbocycles. The zero-order chi connectivity index (χ0) is 78.8. The molecule has 624 valence electrons. The number of ether oxygens (including phenoxy) is 5. The monoisotopic (exact) mass is 1540 g/mol. The van der Waals surface area contributed by atoms with E-state index >= 15 is 0 Å². The van der Waals surface area contributed by atoms with Crippen molar-refractivity contribution >= 4 is 29.8 Å². The SMILES string of the molecule is CCCCCCCCCCCCCCCCCCN(CCCCCCCCCCCCCCCCCC)C(=O)CCC(C)C1CCC2C3CCC4CC(OC(=O)NCCCCCC(=O)N5CC(OC(=O)CCC(=O)O)CC5C(OC(c5ccc(OC)cc5)c5ccc(OC)cc5)c5ccccc5)CC(C)C4C3CCC12C. The van der Waals surface area contributed by atoms with Crippen LogP contribution in [0, 0.1) is 52.8 Å². The van der Waals surface area contributed by atoms with Gasteiger partial charge in [-0.1, -0.05) is 288 Å². The van der Waals surface area contributed by atoms with Gasteiger partial charge in [0.05, 0.1) is 39.6 Å². The van der Waals surface area contributed by atoms with Crippen molar-refractivity contribution in [2.75, 3.05) is 40.4 Å². The fraction of sp³-hybridized carbons (Fsp3) is 0.763. The highest BCUT2D eigenvalue weighted by Crippen LogP contribution is 2.66. The van der Waals surface area contributed by atoms with E-state index < -0.39 is 36.3 Å². The number of esters is 1. The van der Waals surface area contributed by atoms with Crippen molar-refractivity contribution < 1.29 is 52.8 Å². The second-order valence-electron chi connectivity index (χ2n) is 35.5. The summed E-state index contributed by atoms with van der Waals surface area (Å²) in [6.45, 7) is 14.7. The number of carbonyl (C=O) groups is 5. The average molecular weight is 1540 g/mol. The molecule has 0 aromatic heterocycles. The summed E-state index contributed by atoms with van der Waals surface area (Å²) in [5.41, 5.74) is 2.94. The molecule has 14 heteroatoms. The predicted molar refractivity (Wildman–Crippen MR) is 451 cm³/mol. The number of alkyl carbamates (subject to hydrolysis) is 1. The van der Waals surface area contributed by atoms with E-state index in [1.807, 2.05) is 78.9 Å². The number of rotatable bonds is 57. The highest BCUT2D eigenvalue weighted by molar-refractivity contribution is 5.78. The summed E-state index contributed by atoms with van der Waals surface area (Å²) in [4.78, 5) is 71.3. The lowest BCUT2D eigenvalue weighted by molar-refractivity contribution is -0.152. The van der Waals surface area contributed by atoms with Crippen LogP contribution in [-0.4, -0.2) is 103 Å². The number of unbranched alkanes of at least 4 members (excludes halogenated alkanes) is 32. The van der Waals surface area contributed by atoms with Crippen LogP contribution in [0.4, 0.5) is 4.79 Å². The highest BCUT2D eigenvalue weighted by Gasteiger charge is 2.59. The molecule has 5 aliphatic rings. The number of hydrogen-bond acceptors (Lipinski definition) is 10. The molecule has 1 aliphatic heterocycles. The standard InChI is InChI=1S/C97H155N3O11/c1-8-10-12-14-16-18-20-22-24-26-28-30-32-34-36-44-68-99(69-45-37-35-33-31-29-27-25-23-21-19-17-15-13-11-9-2)89(101)62-49-74(3)86-60-61-87-84-59-54-79-71-82(70-75(4)93(79)85(84)65-66-97(86,87)5)110-96(106)98-67-43-39-42-48-90(102)100-73-83(109-92(105)64-63-91(103)104)72-88(100)95(76-46-40-38-41-47-76)111-94(77-50-55-80(107-6)56-51-77)78-52-57-81(108-7)58-53-78/h38,40-41,46-47,50-53,55-58,74-75,79,82-88,93-95H,8-37,39,42-45,48-49,54,59-73H2,1-7H3,(H,98,106)(H,103,104). The van der Waals surface area contributed by atoms with Crippen molar-refractivity contribution in [1.82, 2.24) is 15.1 Å². The van der Waals surface area contributed by atoms with Gasteiger partial charge in [-0.2, -0.15) is 0 Å². The number of aliphatic carboxylic acids is 1. The number of amides is 3. The van der Waals surface area contributed by atoms with Gasteiger partial charge < -0.3 is 43.9 Å². The van der Waals surface area contributed by atoms with Crippen molar-refractivity contribution in [3.63, 3.8) is 0 Å². The number of carbonyl (C=O) groups excluding carboxylic acids is 4. The van der Waals surface area contributed by atoms with Gasteiger partial charge in [0, 0.05) is 38.9 Å². The molecule has 1 saturated heterocycles. The third-order valence-corrected chi connectivity index (χ3v) is 27.4. The minimum absolute atomic E-state index is 0.0949. The zero-order valence-corrected chi connectivity index (χ0v) is 70.9. The first-order valence-electron chi connectivity index (χ1n) is 46.1. The largest absolute Gasteiger partial charge is 0.497 e. The van der Waals surface area contributed by atoms with E-state index in [1.165, 1.54) is 231 Å². The Balaban J connectivity index is 0.760. The fourth-order valence-electron chi connectivity index (χ4n) is 21.3. The molecule has 1 heterocycles. The van der Waals surface area contributed by atoms with Crippen LogP contribution in [0.15, 0.2) is 78.9 Å². The Bertz CT molecular complexity index is 2970. The summed E-state index contributed by atoms with van der Waals surface area (Å²) >= 11 is 0. The predicted octanol–water partition coefficient (Wildman–Crippen LogP) is 24.9. The van der Waals surface area contributed by atoms with Crippen LogP contribution in [0.5, 0.6) is 11.5 Å². The number of methoxy groups -OCH3 is 2. The van der Waals surface area contributed by atoms with Crippen LogP contribution in [0.3, 0.4) is 0 Å². The van der Waals surface area contributed by atoms with Gasteiger partial charge in [0.2, 0.25) is 11.8 Å². The molecule has 8 rings (SSSR count). The van der Waals surface area contributed by atoms with Gasteiger partial charge in [0.1, 0.15) is 35.9 Å². The van der Waals surface area contributed by atoms with Crippen molar-refractivity contribution in [3.8, 4) is 11.5 Å². The number of nitrogens with one attached hydrogen (secondary N) is 1. The molecule has 0 radical (unpaired) electrons. The fourth-order valence-corrected chi connectivity index (χ4v) is 21.3. The molecule has 5 fully saturated rings. The molecule has 14 nitrogen and oxygen atoms in total. The summed E-state index contributed by atoms with van der Waals surface area (Å²) in [5.74, 6) is 5.26. The van der Waals surface area contributed by atoms with E-state index in [1.54, 1.807) is 19.1 Å². The minimum atomic E-state index is -1.09. The number of nitrogens with zero attached hydrogens (tertiary/aromatic N) is 2. The van der Waals surface area contributed by atoms with Crippen molar-refractivity contribution in [2.24, 2.45) is 52.8 Å². The third kappa shape index (κ3) is 30.5. The van der Waals surface area contributed by atoms with Gasteiger partial charge >= 0.3 is 18.0 Å². The molecule has 13 unspecified atom stereocenters. The Labute approximate surface area is 674 Å². The van der Waals surface area contributed by atoms with Crippen molar-refractivity contribution in [2.45, 2.75) is 380 Å². The maximum absolute atomic E-state index is 14.6. The van der Waals surface area contributed by atoms with E-state index in [4.69, 9.17) is 23.7 Å². The molecule has 0 spiro atoms. The van der Waals surface area contributed by atoms with Crippen LogP contribution in [-0.2, 0) is 33.4 Å². The van der Waals surface area contributed by atoms with E-state index in [0.29, 0.717) is 91.1 Å². The van der Waals surface area contributed by atoms with Crippen LogP contribution in [0.25, 0.3) is 0 Å². The Morgan fingerprint density at radius 1 is 0.532 bits per heavy atom. The number of carboxylic acid groups (broad SMARTS) is 1.